The molecule has 0 aliphatic heterocycles. The highest BCUT2D eigenvalue weighted by Crippen LogP contribution is 2.29. The molecule has 1 heterocycles. The van der Waals surface area contributed by atoms with Crippen molar-refractivity contribution in [3.05, 3.63) is 70.2 Å². The van der Waals surface area contributed by atoms with Crippen LogP contribution >= 0.6 is 11.6 Å². The fraction of sp³-hybridized carbons (Fsp3) is 0.125. The van der Waals surface area contributed by atoms with Crippen LogP contribution in [0.5, 0.6) is 0 Å². The number of hydrogen-bond donors (Lipinski definition) is 1. The molecule has 2 aromatic carbocycles. The number of furan rings is 1. The van der Waals surface area contributed by atoms with Gasteiger partial charge in [-0.3, -0.25) is 0 Å². The molecule has 0 bridgehead atoms. The molecule has 0 saturated carbocycles. The van der Waals surface area contributed by atoms with Crippen molar-refractivity contribution in [1.29, 1.82) is 0 Å². The maximum absolute atomic E-state index is 13.2. The third-order valence-electron chi connectivity index (χ3n) is 3.30. The van der Waals surface area contributed by atoms with Gasteiger partial charge in [0.25, 0.3) is 0 Å². The average Bonchev–Trinajstić information content (AvgIpc) is 2.84. The molecule has 0 radical (unpaired) electrons. The van der Waals surface area contributed by atoms with Gasteiger partial charge in [-0.25, -0.2) is 4.39 Å². The Morgan fingerprint density at radius 1 is 1.15 bits per heavy atom. The van der Waals surface area contributed by atoms with Crippen LogP contribution in [0.4, 0.5) is 4.39 Å². The smallest absolute Gasteiger partial charge is 0.141 e. The summed E-state index contributed by atoms with van der Waals surface area (Å²) in [4.78, 5) is 0. The van der Waals surface area contributed by atoms with Crippen LogP contribution in [0.1, 0.15) is 22.9 Å². The standard InChI is InChI=1S/C16H13ClFNO/c1-9-2-5-14-11(6-9)8-15(20-14)16(19)10-3-4-13(18)12(17)7-10/h2-8,16H,19H2,1H3. The van der Waals surface area contributed by atoms with Crippen LogP contribution in [0, 0.1) is 12.7 Å². The molecule has 0 aliphatic rings. The van der Waals surface area contributed by atoms with Gasteiger partial charge in [0.1, 0.15) is 17.2 Å². The Balaban J connectivity index is 2.02. The summed E-state index contributed by atoms with van der Waals surface area (Å²) < 4.78 is 18.9. The van der Waals surface area contributed by atoms with E-state index in [1.54, 1.807) is 6.07 Å². The predicted octanol–water partition coefficient (Wildman–Crippen LogP) is 4.58. The normalized spacial score (nSPS) is 12.8. The van der Waals surface area contributed by atoms with E-state index in [1.807, 2.05) is 31.2 Å². The lowest BCUT2D eigenvalue weighted by Crippen LogP contribution is -2.10. The summed E-state index contributed by atoms with van der Waals surface area (Å²) >= 11 is 5.78. The molecule has 3 rings (SSSR count). The molecular weight excluding hydrogens is 277 g/mol. The van der Waals surface area contributed by atoms with Gasteiger partial charge in [0, 0.05) is 5.39 Å². The zero-order valence-corrected chi connectivity index (χ0v) is 11.6. The number of halogens is 2. The quantitative estimate of drug-likeness (QED) is 0.750. The van der Waals surface area contributed by atoms with Crippen LogP contribution in [-0.2, 0) is 0 Å². The lowest BCUT2D eigenvalue weighted by atomic mass is 10.0. The first kappa shape index (κ1) is 13.2. The Bertz CT molecular complexity index is 781. The van der Waals surface area contributed by atoms with E-state index >= 15 is 0 Å². The minimum Gasteiger partial charge on any atom is -0.459 e. The van der Waals surface area contributed by atoms with E-state index in [1.165, 1.54) is 12.1 Å². The highest BCUT2D eigenvalue weighted by Gasteiger charge is 2.15. The minimum absolute atomic E-state index is 0.0601. The predicted molar refractivity (Wildman–Crippen MR) is 78.4 cm³/mol. The first-order chi connectivity index (χ1) is 9.54. The highest BCUT2D eigenvalue weighted by molar-refractivity contribution is 6.30. The molecule has 0 spiro atoms. The molecule has 0 saturated heterocycles. The molecule has 3 aromatic rings. The zero-order valence-electron chi connectivity index (χ0n) is 10.9. The molecule has 1 unspecified atom stereocenters. The summed E-state index contributed by atoms with van der Waals surface area (Å²) in [6.07, 6.45) is 0. The maximum atomic E-state index is 13.2. The summed E-state index contributed by atoms with van der Waals surface area (Å²) in [5, 5.41) is 1.06. The number of aryl methyl sites for hydroxylation is 1. The molecule has 1 atom stereocenters. The summed E-state index contributed by atoms with van der Waals surface area (Å²) in [6.45, 7) is 2.02. The van der Waals surface area contributed by atoms with Gasteiger partial charge in [0.15, 0.2) is 0 Å². The van der Waals surface area contributed by atoms with Gasteiger partial charge < -0.3 is 10.2 Å². The van der Waals surface area contributed by atoms with Crippen LogP contribution in [0.2, 0.25) is 5.02 Å². The second-order valence-electron chi connectivity index (χ2n) is 4.84. The Hall–Kier alpha value is -1.84. The van der Waals surface area contributed by atoms with Crippen LogP contribution in [0.3, 0.4) is 0 Å². The van der Waals surface area contributed by atoms with Gasteiger partial charge in [0.05, 0.1) is 11.1 Å². The Labute approximate surface area is 121 Å². The van der Waals surface area contributed by atoms with E-state index < -0.39 is 11.9 Å². The number of rotatable bonds is 2. The molecule has 4 heteroatoms. The van der Waals surface area contributed by atoms with Gasteiger partial charge in [-0.1, -0.05) is 29.3 Å². The van der Waals surface area contributed by atoms with Crippen LogP contribution in [0.25, 0.3) is 11.0 Å². The Morgan fingerprint density at radius 2 is 1.95 bits per heavy atom. The third kappa shape index (κ3) is 2.30. The van der Waals surface area contributed by atoms with Crippen LogP contribution in [-0.4, -0.2) is 0 Å². The molecule has 2 nitrogen and oxygen atoms in total. The van der Waals surface area contributed by atoms with Crippen molar-refractivity contribution in [2.75, 3.05) is 0 Å². The number of benzene rings is 2. The van der Waals surface area contributed by atoms with Gasteiger partial charge >= 0.3 is 0 Å². The molecule has 0 aliphatic carbocycles. The van der Waals surface area contributed by atoms with E-state index in [0.717, 1.165) is 16.5 Å². The number of hydrogen-bond acceptors (Lipinski definition) is 2. The van der Waals surface area contributed by atoms with Crippen LogP contribution < -0.4 is 5.73 Å². The molecular formula is C16H13ClFNO. The zero-order chi connectivity index (χ0) is 14.3. The maximum Gasteiger partial charge on any atom is 0.141 e. The summed E-state index contributed by atoms with van der Waals surface area (Å²) in [5.41, 5.74) is 8.82. The molecule has 1 aromatic heterocycles. The molecule has 0 amide bonds. The summed E-state index contributed by atoms with van der Waals surface area (Å²) in [6, 6.07) is 11.8. The molecule has 102 valence electrons. The van der Waals surface area contributed by atoms with Crippen molar-refractivity contribution in [2.24, 2.45) is 5.73 Å². The van der Waals surface area contributed by atoms with E-state index in [9.17, 15) is 4.39 Å². The minimum atomic E-state index is -0.471. The molecule has 20 heavy (non-hydrogen) atoms. The van der Waals surface area contributed by atoms with Crippen molar-refractivity contribution in [3.8, 4) is 0 Å². The monoisotopic (exact) mass is 289 g/mol. The van der Waals surface area contributed by atoms with Crippen molar-refractivity contribution in [2.45, 2.75) is 13.0 Å². The lowest BCUT2D eigenvalue weighted by Gasteiger charge is -2.09. The Kier molecular flexibility index (Phi) is 3.24. The molecule has 2 N–H and O–H groups in total. The van der Waals surface area contributed by atoms with Gasteiger partial charge in [-0.15, -0.1) is 0 Å². The van der Waals surface area contributed by atoms with Crippen molar-refractivity contribution in [3.63, 3.8) is 0 Å². The third-order valence-corrected chi connectivity index (χ3v) is 3.59. The fourth-order valence-electron chi connectivity index (χ4n) is 2.21. The van der Waals surface area contributed by atoms with Crippen molar-refractivity contribution in [1.82, 2.24) is 0 Å². The number of nitrogens with two attached hydrogens (primary N) is 1. The largest absolute Gasteiger partial charge is 0.459 e. The van der Waals surface area contributed by atoms with E-state index in [-0.39, 0.29) is 5.02 Å². The van der Waals surface area contributed by atoms with Crippen molar-refractivity contribution < 1.29 is 8.81 Å². The second kappa shape index (κ2) is 4.93. The summed E-state index contributed by atoms with van der Waals surface area (Å²) in [7, 11) is 0. The topological polar surface area (TPSA) is 39.2 Å². The lowest BCUT2D eigenvalue weighted by molar-refractivity contribution is 0.524. The van der Waals surface area contributed by atoms with E-state index in [4.69, 9.17) is 21.8 Å². The van der Waals surface area contributed by atoms with Gasteiger partial charge in [-0.2, -0.15) is 0 Å². The van der Waals surface area contributed by atoms with E-state index in [2.05, 4.69) is 0 Å². The van der Waals surface area contributed by atoms with Crippen molar-refractivity contribution >= 4 is 22.6 Å². The first-order valence-corrected chi connectivity index (χ1v) is 6.63. The van der Waals surface area contributed by atoms with E-state index in [0.29, 0.717) is 11.3 Å². The Morgan fingerprint density at radius 3 is 2.70 bits per heavy atom. The summed E-state index contributed by atoms with van der Waals surface area (Å²) in [5.74, 6) is 0.177. The number of fused-ring (bicyclic) bond motifs is 1. The highest BCUT2D eigenvalue weighted by atomic mass is 35.5. The fourth-order valence-corrected chi connectivity index (χ4v) is 2.40. The average molecular weight is 290 g/mol. The van der Waals surface area contributed by atoms with Gasteiger partial charge in [0.2, 0.25) is 0 Å². The van der Waals surface area contributed by atoms with Crippen LogP contribution in [0.15, 0.2) is 46.9 Å². The SMILES string of the molecule is Cc1ccc2oc(C(N)c3ccc(F)c(Cl)c3)cc2c1. The van der Waals surface area contributed by atoms with Gasteiger partial charge in [-0.05, 0) is 42.8 Å². The molecule has 0 fully saturated rings. The first-order valence-electron chi connectivity index (χ1n) is 6.25. The second-order valence-corrected chi connectivity index (χ2v) is 5.25.